The second kappa shape index (κ2) is 5.96. The van der Waals surface area contributed by atoms with Gasteiger partial charge < -0.3 is 4.90 Å². The van der Waals surface area contributed by atoms with Crippen LogP contribution in [-0.2, 0) is 0 Å². The van der Waals surface area contributed by atoms with Crippen LogP contribution in [0, 0.1) is 0 Å². The monoisotopic (exact) mass is 129 g/mol. The Balaban J connectivity index is 3.50. The van der Waals surface area contributed by atoms with Crippen LogP contribution >= 0.6 is 0 Å². The van der Waals surface area contributed by atoms with Crippen LogP contribution in [0.2, 0.25) is 12.6 Å². The van der Waals surface area contributed by atoms with E-state index in [0.29, 0.717) is 6.04 Å². The first-order valence-corrected chi connectivity index (χ1v) is 3.45. The second-order valence-electron chi connectivity index (χ2n) is 2.56. The van der Waals surface area contributed by atoms with E-state index in [2.05, 4.69) is 4.90 Å². The minimum Gasteiger partial charge on any atom is -0.308 e. The lowest BCUT2D eigenvalue weighted by atomic mass is 9.47. The van der Waals surface area contributed by atoms with Gasteiger partial charge in [0.15, 0.2) is 0 Å². The highest BCUT2D eigenvalue weighted by Gasteiger charge is 2.07. The lowest BCUT2D eigenvalue weighted by Crippen LogP contribution is -2.30. The lowest BCUT2D eigenvalue weighted by Gasteiger charge is -2.23. The van der Waals surface area contributed by atoms with Gasteiger partial charge in [-0.15, -0.1) is 0 Å². The number of nitrogens with zero attached hydrogens (tertiary/aromatic N) is 1. The van der Waals surface area contributed by atoms with E-state index < -0.39 is 0 Å². The van der Waals surface area contributed by atoms with Gasteiger partial charge in [0.05, 0.1) is 14.3 Å². The summed E-state index contributed by atoms with van der Waals surface area (Å²) in [4.78, 5) is 2.12. The molecule has 0 rings (SSSR count). The van der Waals surface area contributed by atoms with Crippen LogP contribution in [0.15, 0.2) is 0 Å². The van der Waals surface area contributed by atoms with Crippen molar-refractivity contribution in [3.63, 3.8) is 0 Å². The van der Waals surface area contributed by atoms with Gasteiger partial charge in [-0.05, 0) is 20.1 Å². The van der Waals surface area contributed by atoms with Crippen molar-refractivity contribution in [3.8, 4) is 0 Å². The summed E-state index contributed by atoms with van der Waals surface area (Å²) in [5.74, 6) is 0. The smallest absolute Gasteiger partial charge is 0.0564 e. The zero-order chi connectivity index (χ0) is 7.98. The van der Waals surface area contributed by atoms with Crippen molar-refractivity contribution in [1.29, 1.82) is 0 Å². The fourth-order valence-corrected chi connectivity index (χ4v) is 0.832. The molecule has 0 aromatic heterocycles. The van der Waals surface area contributed by atoms with Gasteiger partial charge in [-0.2, -0.15) is 0 Å². The molecule has 48 valence electrons. The molecule has 10 heavy (non-hydrogen) atoms. The fourth-order valence-electron chi connectivity index (χ4n) is 0.832. The summed E-state index contributed by atoms with van der Waals surface area (Å²) in [6.45, 7) is 0. The van der Waals surface area contributed by atoms with Crippen LogP contribution in [0.4, 0.5) is 0 Å². The maximum Gasteiger partial charge on any atom is 0.0564 e. The summed E-state index contributed by atoms with van der Waals surface area (Å²) in [6.07, 6.45) is 1.78. The molecule has 0 heterocycles. The average Bonchev–Trinajstić information content (AvgIpc) is 1.87. The van der Waals surface area contributed by atoms with Crippen LogP contribution in [0.25, 0.3) is 0 Å². The van der Waals surface area contributed by atoms with Crippen LogP contribution in [0.3, 0.4) is 0 Å². The van der Waals surface area contributed by atoms with E-state index in [1.54, 1.807) is 14.3 Å². The predicted octanol–water partition coefficient (Wildman–Crippen LogP) is -0.671. The molecule has 0 saturated heterocycles. The third kappa shape index (κ3) is 4.10. The van der Waals surface area contributed by atoms with E-state index in [1.165, 1.54) is 0 Å². The van der Waals surface area contributed by atoms with Crippen molar-refractivity contribution in [2.75, 3.05) is 14.1 Å². The first-order chi connectivity index (χ1) is 4.72. The number of hydrogen-bond acceptors (Lipinski definition) is 1. The highest BCUT2D eigenvalue weighted by Crippen LogP contribution is 2.03. The average molecular weight is 128 g/mol. The largest absolute Gasteiger partial charge is 0.308 e. The van der Waals surface area contributed by atoms with Gasteiger partial charge in [-0.3, -0.25) is 0 Å². The Morgan fingerprint density at radius 2 is 1.60 bits per heavy atom. The molecule has 0 atom stereocenters. The van der Waals surface area contributed by atoms with Crippen molar-refractivity contribution in [2.45, 2.75) is 18.7 Å². The molecule has 6 radical (unpaired) electrons. The molecule has 0 aromatic carbocycles. The summed E-state index contributed by atoms with van der Waals surface area (Å²) in [6, 6.07) is 0.454. The molecule has 0 aromatic rings. The molecular weight excluding hydrogens is 117 g/mol. The van der Waals surface area contributed by atoms with Crippen molar-refractivity contribution in [1.82, 2.24) is 4.90 Å². The number of rotatable bonds is 5. The van der Waals surface area contributed by atoms with E-state index in [9.17, 15) is 0 Å². The summed E-state index contributed by atoms with van der Waals surface area (Å²) in [7, 11) is 18.0. The maximum absolute atomic E-state index is 5.29. The van der Waals surface area contributed by atoms with E-state index in [-0.39, 0.29) is 0 Å². The SMILES string of the molecule is [B][B]CC(C[B][B])N(C)C. The molecule has 0 bridgehead atoms. The highest BCUT2D eigenvalue weighted by molar-refractivity contribution is 6.90. The third-order valence-corrected chi connectivity index (χ3v) is 1.55. The molecule has 0 unspecified atom stereocenters. The minimum atomic E-state index is 0.454. The number of hydrogen-bond donors (Lipinski definition) is 0. The highest BCUT2D eigenvalue weighted by atomic mass is 15.1. The standard InChI is InChI=1S/C5H11B4N/c1-10(2)5(3-8-6)4-9-7/h5H,3-4H2,1-2H3. The molecule has 1 nitrogen and oxygen atoms in total. The third-order valence-electron chi connectivity index (χ3n) is 1.55. The van der Waals surface area contributed by atoms with E-state index in [1.807, 2.05) is 14.1 Å². The Kier molecular flexibility index (Phi) is 6.10. The van der Waals surface area contributed by atoms with Crippen LogP contribution < -0.4 is 0 Å². The first kappa shape index (κ1) is 10.2. The lowest BCUT2D eigenvalue weighted by molar-refractivity contribution is 0.335. The Bertz CT molecular complexity index is 72.0. The molecule has 0 aliphatic rings. The quantitative estimate of drug-likeness (QED) is 0.444. The van der Waals surface area contributed by atoms with Crippen molar-refractivity contribution in [2.24, 2.45) is 0 Å². The Morgan fingerprint density at radius 1 is 1.20 bits per heavy atom. The van der Waals surface area contributed by atoms with Gasteiger partial charge in [0.25, 0.3) is 0 Å². The predicted molar refractivity (Wildman–Crippen MR) is 50.1 cm³/mol. The molecule has 0 fully saturated rings. The topological polar surface area (TPSA) is 3.24 Å². The summed E-state index contributed by atoms with van der Waals surface area (Å²) >= 11 is 0. The van der Waals surface area contributed by atoms with Crippen LogP contribution in [0.5, 0.6) is 0 Å². The molecule has 0 aliphatic carbocycles. The molecule has 0 amide bonds. The van der Waals surface area contributed by atoms with Crippen LogP contribution in [0.1, 0.15) is 0 Å². The van der Waals surface area contributed by atoms with Gasteiger partial charge in [0.1, 0.15) is 0 Å². The van der Waals surface area contributed by atoms with E-state index in [4.69, 9.17) is 15.5 Å². The fraction of sp³-hybridized carbons (Fsp3) is 1.00. The molecular formula is C5H11B4N. The zero-order valence-electron chi connectivity index (χ0n) is 6.75. The van der Waals surface area contributed by atoms with Crippen molar-refractivity contribution >= 4 is 29.8 Å². The summed E-state index contributed by atoms with van der Waals surface area (Å²) in [5, 5.41) is 0. The molecule has 5 heteroatoms. The molecule has 0 saturated carbocycles. The Labute approximate surface area is 68.2 Å². The minimum absolute atomic E-state index is 0.454. The first-order valence-electron chi connectivity index (χ1n) is 3.45. The van der Waals surface area contributed by atoms with Crippen molar-refractivity contribution < 1.29 is 0 Å². The summed E-state index contributed by atoms with van der Waals surface area (Å²) < 4.78 is 0. The van der Waals surface area contributed by atoms with Gasteiger partial charge in [-0.1, -0.05) is 12.6 Å². The maximum atomic E-state index is 5.29. The summed E-state index contributed by atoms with van der Waals surface area (Å²) in [5.41, 5.74) is 0. The Morgan fingerprint density at radius 3 is 1.80 bits per heavy atom. The van der Waals surface area contributed by atoms with Gasteiger partial charge in [0, 0.05) is 15.5 Å². The normalized spacial score (nSPS) is 10.4. The molecule has 0 spiro atoms. The molecule has 0 aliphatic heterocycles. The van der Waals surface area contributed by atoms with Crippen LogP contribution in [-0.4, -0.2) is 54.9 Å². The van der Waals surface area contributed by atoms with E-state index in [0.717, 1.165) is 12.6 Å². The van der Waals surface area contributed by atoms with E-state index >= 15 is 0 Å². The zero-order valence-corrected chi connectivity index (χ0v) is 6.75. The van der Waals surface area contributed by atoms with Gasteiger partial charge >= 0.3 is 0 Å². The molecule has 0 N–H and O–H groups in total. The van der Waals surface area contributed by atoms with Crippen molar-refractivity contribution in [3.05, 3.63) is 0 Å². The van der Waals surface area contributed by atoms with Gasteiger partial charge in [-0.25, -0.2) is 0 Å². The second-order valence-corrected chi connectivity index (χ2v) is 2.56. The Hall–Kier alpha value is 0.220. The van der Waals surface area contributed by atoms with Gasteiger partial charge in [0.2, 0.25) is 0 Å².